The Labute approximate surface area is 52.9 Å². The molecule has 0 rings (SSSR count). The van der Waals surface area contributed by atoms with Crippen LogP contribution in [0.2, 0.25) is 0 Å². The number of aliphatic hydroxyl groups excluding tert-OH is 2. The molecular weight excluding hydrogens is 150 g/mol. The van der Waals surface area contributed by atoms with Crippen molar-refractivity contribution in [1.82, 2.24) is 0 Å². The van der Waals surface area contributed by atoms with Crippen LogP contribution in [-0.4, -0.2) is 22.7 Å². The normalized spacial score (nSPS) is 17.9. The highest BCUT2D eigenvalue weighted by Crippen LogP contribution is 2.32. The van der Waals surface area contributed by atoms with E-state index in [4.69, 9.17) is 21.5 Å². The van der Waals surface area contributed by atoms with Crippen molar-refractivity contribution in [2.45, 2.75) is 12.3 Å². The quantitative estimate of drug-likeness (QED) is 0.585. The van der Waals surface area contributed by atoms with E-state index in [1.807, 2.05) is 0 Å². The summed E-state index contributed by atoms with van der Waals surface area (Å²) in [5.41, 5.74) is 0. The summed E-state index contributed by atoms with van der Waals surface area (Å²) in [6, 6.07) is 0. The van der Waals surface area contributed by atoms with Gasteiger partial charge in [-0.1, -0.05) is 11.2 Å². The second kappa shape index (κ2) is 4.33. The molecule has 0 saturated heterocycles. The molecular formula is C3H8ClO3P. The lowest BCUT2D eigenvalue weighted by Gasteiger charge is -2.00. The zero-order valence-corrected chi connectivity index (χ0v) is 5.93. The van der Waals surface area contributed by atoms with Crippen LogP contribution in [0.5, 0.6) is 0 Å². The molecule has 8 heavy (non-hydrogen) atoms. The van der Waals surface area contributed by atoms with Gasteiger partial charge < -0.3 is 14.8 Å². The summed E-state index contributed by atoms with van der Waals surface area (Å²) in [6.07, 6.45) is 0.0985. The molecule has 2 N–H and O–H groups in total. The van der Waals surface area contributed by atoms with Gasteiger partial charge in [-0.05, 0) is 0 Å². The lowest BCUT2D eigenvalue weighted by molar-refractivity contribution is 0.193. The molecule has 0 aromatic carbocycles. The van der Waals surface area contributed by atoms with Crippen LogP contribution in [0, 0.1) is 0 Å². The molecule has 0 aliphatic heterocycles. The third kappa shape index (κ3) is 3.44. The first kappa shape index (κ1) is 8.44. The smallest absolute Gasteiger partial charge is 0.185 e. The van der Waals surface area contributed by atoms with Gasteiger partial charge >= 0.3 is 0 Å². The maximum Gasteiger partial charge on any atom is 0.185 e. The molecule has 0 radical (unpaired) electrons. The molecule has 0 bridgehead atoms. The Morgan fingerprint density at radius 2 is 2.25 bits per heavy atom. The van der Waals surface area contributed by atoms with Crippen LogP contribution in [0.25, 0.3) is 0 Å². The number of hydrogen-bond acceptors (Lipinski definition) is 3. The van der Waals surface area contributed by atoms with E-state index in [2.05, 4.69) is 0 Å². The van der Waals surface area contributed by atoms with Crippen molar-refractivity contribution < 1.29 is 14.8 Å². The average Bonchev–Trinajstić information content (AvgIpc) is 1.67. The van der Waals surface area contributed by atoms with Crippen molar-refractivity contribution in [2.75, 3.05) is 6.61 Å². The monoisotopic (exact) mass is 158 g/mol. The summed E-state index contributed by atoms with van der Waals surface area (Å²) >= 11 is 4.99. The highest BCUT2D eigenvalue weighted by molar-refractivity contribution is 7.74. The number of halogens is 1. The van der Waals surface area contributed by atoms with Gasteiger partial charge in [-0.2, -0.15) is 0 Å². The Bertz CT molecular complexity index is 86.6. The summed E-state index contributed by atoms with van der Waals surface area (Å²) in [6.45, 7) is -0.176. The summed E-state index contributed by atoms with van der Waals surface area (Å²) in [5.74, 6) is -1.02. The van der Waals surface area contributed by atoms with Crippen LogP contribution in [-0.2, 0) is 4.57 Å². The maximum atomic E-state index is 10.1. The lowest BCUT2D eigenvalue weighted by atomic mass is 10.5. The van der Waals surface area contributed by atoms with Gasteiger partial charge in [-0.3, -0.25) is 0 Å². The number of aliphatic hydroxyl groups is 2. The van der Waals surface area contributed by atoms with Crippen molar-refractivity contribution in [3.8, 4) is 0 Å². The first-order valence-electron chi connectivity index (χ1n) is 2.16. The Hall–Kier alpha value is 0.440. The molecule has 0 aliphatic carbocycles. The van der Waals surface area contributed by atoms with Gasteiger partial charge in [0.1, 0.15) is 5.85 Å². The zero-order chi connectivity index (χ0) is 6.57. The van der Waals surface area contributed by atoms with Crippen molar-refractivity contribution in [1.29, 1.82) is 0 Å². The fourth-order valence-electron chi connectivity index (χ4n) is 0.236. The second-order valence-corrected chi connectivity index (χ2v) is 3.72. The predicted octanol–water partition coefficient (Wildman–Crippen LogP) is 0.401. The minimum absolute atomic E-state index is 0.0985. The van der Waals surface area contributed by atoms with Gasteiger partial charge in [0.25, 0.3) is 0 Å². The summed E-state index contributed by atoms with van der Waals surface area (Å²) < 4.78 is 10.1. The van der Waals surface area contributed by atoms with E-state index < -0.39 is 13.0 Å². The fourth-order valence-corrected chi connectivity index (χ4v) is 0.919. The fraction of sp³-hybridized carbons (Fsp3) is 1.00. The van der Waals surface area contributed by atoms with Crippen LogP contribution < -0.4 is 0 Å². The molecule has 0 aromatic heterocycles. The second-order valence-electron chi connectivity index (χ2n) is 1.33. The summed E-state index contributed by atoms with van der Waals surface area (Å²) in [5, 5.41) is 16.7. The molecule has 0 spiro atoms. The molecule has 0 heterocycles. The molecule has 0 saturated carbocycles. The Morgan fingerprint density at radius 1 is 1.75 bits per heavy atom. The molecule has 2 unspecified atom stereocenters. The Morgan fingerprint density at radius 3 is 2.38 bits per heavy atom. The Kier molecular flexibility index (Phi) is 4.57. The molecule has 0 aliphatic rings. The average molecular weight is 159 g/mol. The SMILES string of the molecule is O=[PH](Cl)C(O)CCO. The number of rotatable bonds is 3. The van der Waals surface area contributed by atoms with E-state index in [-0.39, 0.29) is 13.0 Å². The van der Waals surface area contributed by atoms with Crippen LogP contribution in [0.4, 0.5) is 0 Å². The van der Waals surface area contributed by atoms with Gasteiger partial charge in [-0.15, -0.1) is 0 Å². The Balaban J connectivity index is 3.32. The van der Waals surface area contributed by atoms with Crippen LogP contribution in [0.1, 0.15) is 6.42 Å². The molecule has 2 atom stereocenters. The first-order chi connectivity index (χ1) is 3.68. The van der Waals surface area contributed by atoms with Gasteiger partial charge in [0.2, 0.25) is 0 Å². The van der Waals surface area contributed by atoms with E-state index in [0.717, 1.165) is 0 Å². The lowest BCUT2D eigenvalue weighted by Crippen LogP contribution is -2.00. The van der Waals surface area contributed by atoms with Gasteiger partial charge in [0.15, 0.2) is 7.15 Å². The van der Waals surface area contributed by atoms with Crippen LogP contribution in [0.3, 0.4) is 0 Å². The van der Waals surface area contributed by atoms with Gasteiger partial charge in [0.05, 0.1) is 0 Å². The molecule has 0 aromatic rings. The minimum Gasteiger partial charge on any atom is -0.396 e. The molecule has 0 amide bonds. The third-order valence-corrected chi connectivity index (χ3v) is 2.23. The predicted molar refractivity (Wildman–Crippen MR) is 32.6 cm³/mol. The topological polar surface area (TPSA) is 57.5 Å². The zero-order valence-electron chi connectivity index (χ0n) is 4.17. The number of hydrogen-bond donors (Lipinski definition) is 2. The third-order valence-electron chi connectivity index (χ3n) is 0.665. The van der Waals surface area contributed by atoms with E-state index in [0.29, 0.717) is 0 Å². The maximum absolute atomic E-state index is 10.1. The van der Waals surface area contributed by atoms with E-state index >= 15 is 0 Å². The molecule has 3 nitrogen and oxygen atoms in total. The van der Waals surface area contributed by atoms with Crippen molar-refractivity contribution in [3.05, 3.63) is 0 Å². The van der Waals surface area contributed by atoms with Crippen molar-refractivity contribution in [3.63, 3.8) is 0 Å². The summed E-state index contributed by atoms with van der Waals surface area (Å²) in [4.78, 5) is 0. The largest absolute Gasteiger partial charge is 0.396 e. The van der Waals surface area contributed by atoms with Gasteiger partial charge in [-0.25, -0.2) is 0 Å². The van der Waals surface area contributed by atoms with E-state index in [1.165, 1.54) is 0 Å². The highest BCUT2D eigenvalue weighted by atomic mass is 35.7. The molecule has 5 heteroatoms. The molecule has 0 fully saturated rings. The molecule has 50 valence electrons. The van der Waals surface area contributed by atoms with Crippen molar-refractivity contribution >= 4 is 18.4 Å². The highest BCUT2D eigenvalue weighted by Gasteiger charge is 2.07. The van der Waals surface area contributed by atoms with Crippen LogP contribution >= 0.6 is 18.4 Å². The van der Waals surface area contributed by atoms with Crippen molar-refractivity contribution in [2.24, 2.45) is 0 Å². The first-order valence-corrected chi connectivity index (χ1v) is 4.66. The standard InChI is InChI=1S/C3H8ClO3P/c4-8(7)3(6)1-2-5/h3,5-6,8H,1-2H2. The van der Waals surface area contributed by atoms with E-state index in [9.17, 15) is 4.57 Å². The summed E-state index contributed by atoms with van der Waals surface area (Å²) in [7, 11) is -2.36. The van der Waals surface area contributed by atoms with Crippen LogP contribution in [0.15, 0.2) is 0 Å². The minimum atomic E-state index is -2.36. The van der Waals surface area contributed by atoms with Gasteiger partial charge in [0, 0.05) is 13.0 Å². The van der Waals surface area contributed by atoms with E-state index in [1.54, 1.807) is 0 Å².